The summed E-state index contributed by atoms with van der Waals surface area (Å²) in [5, 5.41) is 2.15. The third kappa shape index (κ3) is 5.65. The standard InChI is InChI=1S/C21H48N4O/c1-15(2)23(16(3)4)21(22(13)14,24(17(5)6)18(7)8)26-25(19(9)10)20(11)12/h15-20H,1-14H3. The Morgan fingerprint density at radius 2 is 0.769 bits per heavy atom. The first-order chi connectivity index (χ1) is 11.7. The topological polar surface area (TPSA) is 22.2 Å². The molecule has 0 saturated carbocycles. The van der Waals surface area contributed by atoms with Crippen LogP contribution in [-0.2, 0) is 4.84 Å². The summed E-state index contributed by atoms with van der Waals surface area (Å²) in [5.74, 6) is -0.667. The highest BCUT2D eigenvalue weighted by Crippen LogP contribution is 2.35. The molecule has 0 aromatic heterocycles. The van der Waals surface area contributed by atoms with Gasteiger partial charge in [-0.1, -0.05) is 0 Å². The van der Waals surface area contributed by atoms with Gasteiger partial charge < -0.3 is 0 Å². The van der Waals surface area contributed by atoms with Gasteiger partial charge in [0, 0.05) is 36.3 Å². The van der Waals surface area contributed by atoms with E-state index < -0.39 is 5.97 Å². The van der Waals surface area contributed by atoms with Crippen LogP contribution in [0.5, 0.6) is 0 Å². The first kappa shape index (κ1) is 25.8. The van der Waals surface area contributed by atoms with Crippen LogP contribution in [0.15, 0.2) is 0 Å². The summed E-state index contributed by atoms with van der Waals surface area (Å²) in [6, 6.07) is 1.91. The Kier molecular flexibility index (Phi) is 10.3. The van der Waals surface area contributed by atoms with E-state index in [4.69, 9.17) is 4.84 Å². The predicted octanol–water partition coefficient (Wildman–Crippen LogP) is 4.45. The van der Waals surface area contributed by atoms with Crippen molar-refractivity contribution in [3.63, 3.8) is 0 Å². The summed E-state index contributed by atoms with van der Waals surface area (Å²) in [6.07, 6.45) is 0. The highest BCUT2D eigenvalue weighted by molar-refractivity contribution is 4.89. The zero-order chi connectivity index (χ0) is 21.0. The first-order valence-electron chi connectivity index (χ1n) is 10.4. The van der Waals surface area contributed by atoms with Crippen LogP contribution in [0.1, 0.15) is 83.1 Å². The fourth-order valence-electron chi connectivity index (χ4n) is 4.26. The van der Waals surface area contributed by atoms with Gasteiger partial charge in [-0.3, -0.25) is 4.90 Å². The molecule has 5 nitrogen and oxygen atoms in total. The van der Waals surface area contributed by atoms with Crippen LogP contribution >= 0.6 is 0 Å². The van der Waals surface area contributed by atoms with E-state index in [-0.39, 0.29) is 12.1 Å². The van der Waals surface area contributed by atoms with Gasteiger partial charge in [0.2, 0.25) is 0 Å². The van der Waals surface area contributed by atoms with E-state index in [1.54, 1.807) is 0 Å². The van der Waals surface area contributed by atoms with Gasteiger partial charge in [-0.15, -0.1) is 0 Å². The zero-order valence-corrected chi connectivity index (χ0v) is 20.2. The molecule has 0 heterocycles. The molecule has 0 N–H and O–H groups in total. The van der Waals surface area contributed by atoms with Gasteiger partial charge in [-0.05, 0) is 97.2 Å². The minimum atomic E-state index is -0.667. The quantitative estimate of drug-likeness (QED) is 0.394. The van der Waals surface area contributed by atoms with Gasteiger partial charge in [-0.2, -0.15) is 5.06 Å². The molecule has 0 amide bonds. The second-order valence-electron chi connectivity index (χ2n) is 9.30. The van der Waals surface area contributed by atoms with Crippen LogP contribution in [0.2, 0.25) is 0 Å². The third-order valence-electron chi connectivity index (χ3n) is 4.73. The Labute approximate surface area is 164 Å². The van der Waals surface area contributed by atoms with Gasteiger partial charge in [0.05, 0.1) is 0 Å². The molecule has 0 aliphatic rings. The summed E-state index contributed by atoms with van der Waals surface area (Å²) in [4.78, 5) is 14.2. The molecule has 0 aromatic rings. The highest BCUT2D eigenvalue weighted by Gasteiger charge is 2.52. The highest BCUT2D eigenvalue weighted by atomic mass is 16.7. The molecule has 26 heavy (non-hydrogen) atoms. The molecule has 0 aliphatic heterocycles. The van der Waals surface area contributed by atoms with Crippen molar-refractivity contribution in [3.05, 3.63) is 0 Å². The van der Waals surface area contributed by atoms with Gasteiger partial charge in [0.15, 0.2) is 0 Å². The molecule has 0 atom stereocenters. The fraction of sp³-hybridized carbons (Fsp3) is 1.00. The molecule has 0 unspecified atom stereocenters. The summed E-state index contributed by atoms with van der Waals surface area (Å²) in [6.45, 7) is 26.9. The lowest BCUT2D eigenvalue weighted by molar-refractivity contribution is -0.432. The molecule has 0 spiro atoms. The van der Waals surface area contributed by atoms with Crippen LogP contribution in [0.25, 0.3) is 0 Å². The minimum absolute atomic E-state index is 0.289. The molecule has 158 valence electrons. The molecule has 0 fully saturated rings. The normalized spacial score (nSPS) is 14.3. The Bertz CT molecular complexity index is 347. The number of rotatable bonds is 11. The minimum Gasteiger partial charge on any atom is -0.254 e. The van der Waals surface area contributed by atoms with Crippen LogP contribution in [0.3, 0.4) is 0 Å². The molecular weight excluding hydrogens is 324 g/mol. The molecular formula is C21H48N4O. The molecule has 0 aromatic carbocycles. The smallest absolute Gasteiger partial charge is 0.254 e. The first-order valence-corrected chi connectivity index (χ1v) is 10.4. The number of hydroxylamine groups is 2. The lowest BCUT2D eigenvalue weighted by Gasteiger charge is -2.59. The van der Waals surface area contributed by atoms with Gasteiger partial charge >= 0.3 is 0 Å². The Hall–Kier alpha value is -0.200. The third-order valence-corrected chi connectivity index (χ3v) is 4.73. The molecule has 0 saturated heterocycles. The Balaban J connectivity index is 6.67. The van der Waals surface area contributed by atoms with Crippen LogP contribution in [0.4, 0.5) is 0 Å². The van der Waals surface area contributed by atoms with Crippen molar-refractivity contribution in [2.45, 2.75) is 125 Å². The van der Waals surface area contributed by atoms with E-state index in [0.29, 0.717) is 24.2 Å². The van der Waals surface area contributed by atoms with Crippen molar-refractivity contribution in [1.29, 1.82) is 0 Å². The summed E-state index contributed by atoms with van der Waals surface area (Å²) >= 11 is 0. The predicted molar refractivity (Wildman–Crippen MR) is 114 cm³/mol. The van der Waals surface area contributed by atoms with E-state index in [2.05, 4.69) is 117 Å². The average Bonchev–Trinajstić information content (AvgIpc) is 2.41. The Morgan fingerprint density at radius 3 is 0.923 bits per heavy atom. The summed E-state index contributed by atoms with van der Waals surface area (Å²) in [7, 11) is 4.27. The number of hydrogen-bond donors (Lipinski definition) is 0. The lowest BCUT2D eigenvalue weighted by atomic mass is 10.1. The Morgan fingerprint density at radius 1 is 0.500 bits per heavy atom. The van der Waals surface area contributed by atoms with E-state index in [0.717, 1.165) is 0 Å². The maximum Gasteiger partial charge on any atom is 0.261 e. The maximum absolute atomic E-state index is 7.00. The van der Waals surface area contributed by atoms with E-state index in [1.807, 2.05) is 0 Å². The van der Waals surface area contributed by atoms with Crippen LogP contribution in [0, 0.1) is 0 Å². The second-order valence-corrected chi connectivity index (χ2v) is 9.30. The average molecular weight is 373 g/mol. The zero-order valence-electron chi connectivity index (χ0n) is 20.2. The molecule has 0 radical (unpaired) electrons. The molecule has 0 rings (SSSR count). The van der Waals surface area contributed by atoms with Crippen molar-refractivity contribution in [1.82, 2.24) is 19.8 Å². The monoisotopic (exact) mass is 372 g/mol. The lowest BCUT2D eigenvalue weighted by Crippen LogP contribution is -2.76. The van der Waals surface area contributed by atoms with Crippen molar-refractivity contribution in [3.8, 4) is 0 Å². The summed E-state index contributed by atoms with van der Waals surface area (Å²) < 4.78 is 0. The van der Waals surface area contributed by atoms with Crippen molar-refractivity contribution < 1.29 is 4.84 Å². The maximum atomic E-state index is 7.00. The fourth-order valence-corrected chi connectivity index (χ4v) is 4.26. The van der Waals surface area contributed by atoms with Gasteiger partial charge in [0.1, 0.15) is 0 Å². The van der Waals surface area contributed by atoms with Crippen LogP contribution < -0.4 is 0 Å². The number of hydrogen-bond acceptors (Lipinski definition) is 5. The molecule has 5 heteroatoms. The summed E-state index contributed by atoms with van der Waals surface area (Å²) in [5.41, 5.74) is 0. The SMILES string of the molecule is CC(C)N(OC(N(C)C)(N(C(C)C)C(C)C)N(C(C)C)C(C)C)C(C)C. The van der Waals surface area contributed by atoms with Crippen molar-refractivity contribution >= 4 is 0 Å². The van der Waals surface area contributed by atoms with E-state index in [1.165, 1.54) is 0 Å². The number of nitrogens with zero attached hydrogens (tertiary/aromatic N) is 4. The van der Waals surface area contributed by atoms with Gasteiger partial charge in [0.25, 0.3) is 5.97 Å². The van der Waals surface area contributed by atoms with E-state index in [9.17, 15) is 0 Å². The van der Waals surface area contributed by atoms with Crippen molar-refractivity contribution in [2.24, 2.45) is 0 Å². The van der Waals surface area contributed by atoms with Crippen molar-refractivity contribution in [2.75, 3.05) is 14.1 Å². The molecule has 0 aliphatic carbocycles. The van der Waals surface area contributed by atoms with Gasteiger partial charge in [-0.25, -0.2) is 14.6 Å². The van der Waals surface area contributed by atoms with E-state index >= 15 is 0 Å². The molecule has 0 bridgehead atoms. The second kappa shape index (κ2) is 10.4. The largest absolute Gasteiger partial charge is 0.261 e. The van der Waals surface area contributed by atoms with Crippen LogP contribution in [-0.4, -0.2) is 76.1 Å².